The van der Waals surface area contributed by atoms with Crippen LogP contribution in [0.1, 0.15) is 15.9 Å². The first kappa shape index (κ1) is 15.7. The smallest absolute Gasteiger partial charge is 0.178 e. The van der Waals surface area contributed by atoms with Crippen molar-refractivity contribution in [2.24, 2.45) is 0 Å². The van der Waals surface area contributed by atoms with E-state index in [4.69, 9.17) is 11.6 Å². The lowest BCUT2D eigenvalue weighted by atomic mass is 10.1. The number of halogens is 1. The third kappa shape index (κ3) is 4.67. The number of Topliss-reactive ketones (excluding diaryl/α,β-unsaturated/α-hetero) is 1. The van der Waals surface area contributed by atoms with E-state index in [9.17, 15) is 9.90 Å². The van der Waals surface area contributed by atoms with Crippen LogP contribution >= 0.6 is 11.6 Å². The highest BCUT2D eigenvalue weighted by Crippen LogP contribution is 2.16. The van der Waals surface area contributed by atoms with E-state index in [2.05, 4.69) is 0 Å². The number of carbonyl (C=O) groups excluding carboxylic acids is 1. The first-order chi connectivity index (χ1) is 10.2. The Kier molecular flexibility index (Phi) is 5.93. The molecule has 1 N–H and O–H groups in total. The van der Waals surface area contributed by atoms with Gasteiger partial charge < -0.3 is 5.11 Å². The van der Waals surface area contributed by atoms with E-state index < -0.39 is 0 Å². The van der Waals surface area contributed by atoms with Crippen molar-refractivity contribution < 1.29 is 9.90 Å². The largest absolute Gasteiger partial charge is 0.395 e. The molecule has 0 aliphatic rings. The fourth-order valence-corrected chi connectivity index (χ4v) is 2.41. The molecule has 2 aromatic rings. The van der Waals surface area contributed by atoms with Crippen LogP contribution in [0.2, 0.25) is 5.02 Å². The Bertz CT molecular complexity index is 586. The number of aliphatic hydroxyl groups excluding tert-OH is 1. The van der Waals surface area contributed by atoms with Crippen LogP contribution in [-0.2, 0) is 6.54 Å². The lowest BCUT2D eigenvalue weighted by Crippen LogP contribution is -2.32. The van der Waals surface area contributed by atoms with Gasteiger partial charge in [0.25, 0.3) is 0 Å². The van der Waals surface area contributed by atoms with E-state index in [1.165, 1.54) is 0 Å². The first-order valence-corrected chi connectivity index (χ1v) is 7.23. The van der Waals surface area contributed by atoms with Crippen molar-refractivity contribution in [2.45, 2.75) is 6.54 Å². The van der Waals surface area contributed by atoms with Gasteiger partial charge in [0.05, 0.1) is 18.2 Å². The Balaban J connectivity index is 2.06. The molecule has 0 aromatic heterocycles. The zero-order valence-corrected chi connectivity index (χ0v) is 12.5. The van der Waals surface area contributed by atoms with Crippen LogP contribution < -0.4 is 0 Å². The fourth-order valence-electron chi connectivity index (χ4n) is 2.17. The van der Waals surface area contributed by atoms with Gasteiger partial charge in [-0.15, -0.1) is 0 Å². The molecule has 0 fully saturated rings. The predicted octanol–water partition coefficient (Wildman–Crippen LogP) is 3.02. The minimum Gasteiger partial charge on any atom is -0.395 e. The van der Waals surface area contributed by atoms with Crippen molar-refractivity contribution >= 4 is 17.4 Å². The standard InChI is InChI=1S/C17H18ClNO2/c18-16-9-5-4-8-15(16)17(21)13-19(10-11-20)12-14-6-2-1-3-7-14/h1-9,20H,10-13H2. The van der Waals surface area contributed by atoms with Gasteiger partial charge in [0.2, 0.25) is 0 Å². The number of aliphatic hydroxyl groups is 1. The molecule has 4 heteroatoms. The molecule has 110 valence electrons. The Morgan fingerprint density at radius 1 is 1.05 bits per heavy atom. The molecule has 0 saturated heterocycles. The fraction of sp³-hybridized carbons (Fsp3) is 0.235. The van der Waals surface area contributed by atoms with Crippen LogP contribution in [0.3, 0.4) is 0 Å². The molecule has 0 aliphatic heterocycles. The highest BCUT2D eigenvalue weighted by Gasteiger charge is 2.14. The van der Waals surface area contributed by atoms with Gasteiger partial charge in [-0.25, -0.2) is 0 Å². The second-order valence-electron chi connectivity index (χ2n) is 4.82. The second kappa shape index (κ2) is 7.93. The SMILES string of the molecule is O=C(CN(CCO)Cc1ccccc1)c1ccccc1Cl. The number of rotatable bonds is 7. The highest BCUT2D eigenvalue weighted by molar-refractivity contribution is 6.34. The molecule has 0 saturated carbocycles. The van der Waals surface area contributed by atoms with Crippen LogP contribution in [0, 0.1) is 0 Å². The molecule has 2 rings (SSSR count). The first-order valence-electron chi connectivity index (χ1n) is 6.85. The van der Waals surface area contributed by atoms with E-state index >= 15 is 0 Å². The quantitative estimate of drug-likeness (QED) is 0.799. The molecule has 0 atom stereocenters. The summed E-state index contributed by atoms with van der Waals surface area (Å²) in [5.41, 5.74) is 1.63. The number of carbonyl (C=O) groups is 1. The number of ketones is 1. The molecule has 21 heavy (non-hydrogen) atoms. The maximum Gasteiger partial charge on any atom is 0.178 e. The molecular formula is C17H18ClNO2. The van der Waals surface area contributed by atoms with Crippen molar-refractivity contribution in [3.63, 3.8) is 0 Å². The average molecular weight is 304 g/mol. The molecule has 0 aliphatic carbocycles. The molecule has 0 heterocycles. The lowest BCUT2D eigenvalue weighted by molar-refractivity contribution is 0.0908. The van der Waals surface area contributed by atoms with Crippen molar-refractivity contribution in [1.82, 2.24) is 4.90 Å². The average Bonchev–Trinajstić information content (AvgIpc) is 2.49. The maximum absolute atomic E-state index is 12.3. The van der Waals surface area contributed by atoms with Crippen molar-refractivity contribution in [3.05, 3.63) is 70.7 Å². The summed E-state index contributed by atoms with van der Waals surface area (Å²) in [6.07, 6.45) is 0. The number of benzene rings is 2. The summed E-state index contributed by atoms with van der Waals surface area (Å²) in [5, 5.41) is 9.64. The second-order valence-corrected chi connectivity index (χ2v) is 5.23. The summed E-state index contributed by atoms with van der Waals surface area (Å²) in [4.78, 5) is 14.3. The van der Waals surface area contributed by atoms with E-state index in [-0.39, 0.29) is 18.9 Å². The molecule has 0 spiro atoms. The molecule has 0 bridgehead atoms. The van der Waals surface area contributed by atoms with E-state index in [0.717, 1.165) is 5.56 Å². The third-order valence-electron chi connectivity index (χ3n) is 3.21. The van der Waals surface area contributed by atoms with Gasteiger partial charge in [0.1, 0.15) is 0 Å². The summed E-state index contributed by atoms with van der Waals surface area (Å²) < 4.78 is 0. The van der Waals surface area contributed by atoms with Gasteiger partial charge in [-0.3, -0.25) is 9.69 Å². The Morgan fingerprint density at radius 2 is 1.71 bits per heavy atom. The Labute approximate surface area is 129 Å². The zero-order chi connectivity index (χ0) is 15.1. The molecule has 2 aromatic carbocycles. The molecule has 0 unspecified atom stereocenters. The normalized spacial score (nSPS) is 10.8. The van der Waals surface area contributed by atoms with Crippen LogP contribution in [0.4, 0.5) is 0 Å². The van der Waals surface area contributed by atoms with E-state index in [1.807, 2.05) is 35.2 Å². The minimum absolute atomic E-state index is 0.0165. The third-order valence-corrected chi connectivity index (χ3v) is 3.54. The number of nitrogens with zero attached hydrogens (tertiary/aromatic N) is 1. The summed E-state index contributed by atoms with van der Waals surface area (Å²) in [6.45, 7) is 1.32. The van der Waals surface area contributed by atoms with E-state index in [0.29, 0.717) is 23.7 Å². The topological polar surface area (TPSA) is 40.5 Å². The zero-order valence-electron chi connectivity index (χ0n) is 11.7. The van der Waals surface area contributed by atoms with Gasteiger partial charge in [-0.1, -0.05) is 54.1 Å². The van der Waals surface area contributed by atoms with E-state index in [1.54, 1.807) is 24.3 Å². The van der Waals surface area contributed by atoms with Crippen LogP contribution in [0.25, 0.3) is 0 Å². The summed E-state index contributed by atoms with van der Waals surface area (Å²) in [5.74, 6) is -0.0371. The van der Waals surface area contributed by atoms with Crippen molar-refractivity contribution in [3.8, 4) is 0 Å². The van der Waals surface area contributed by atoms with Crippen molar-refractivity contribution in [2.75, 3.05) is 19.7 Å². The predicted molar refractivity (Wildman–Crippen MR) is 84.6 cm³/mol. The highest BCUT2D eigenvalue weighted by atomic mass is 35.5. The van der Waals surface area contributed by atoms with Gasteiger partial charge >= 0.3 is 0 Å². The maximum atomic E-state index is 12.3. The van der Waals surface area contributed by atoms with Crippen LogP contribution in [-0.4, -0.2) is 35.5 Å². The molecule has 3 nitrogen and oxygen atoms in total. The van der Waals surface area contributed by atoms with Crippen LogP contribution in [0.15, 0.2) is 54.6 Å². The Morgan fingerprint density at radius 3 is 2.38 bits per heavy atom. The van der Waals surface area contributed by atoms with Gasteiger partial charge in [0.15, 0.2) is 5.78 Å². The van der Waals surface area contributed by atoms with Crippen molar-refractivity contribution in [1.29, 1.82) is 0 Å². The molecule has 0 radical (unpaired) electrons. The van der Waals surface area contributed by atoms with Crippen LogP contribution in [0.5, 0.6) is 0 Å². The minimum atomic E-state index is -0.0371. The monoisotopic (exact) mass is 303 g/mol. The summed E-state index contributed by atoms with van der Waals surface area (Å²) in [7, 11) is 0. The van der Waals surface area contributed by atoms with Gasteiger partial charge in [0, 0.05) is 18.7 Å². The Hall–Kier alpha value is -1.68. The molecular weight excluding hydrogens is 286 g/mol. The molecule has 0 amide bonds. The number of hydrogen-bond acceptors (Lipinski definition) is 3. The summed E-state index contributed by atoms with van der Waals surface area (Å²) in [6, 6.07) is 16.9. The van der Waals surface area contributed by atoms with Gasteiger partial charge in [-0.05, 0) is 17.7 Å². The lowest BCUT2D eigenvalue weighted by Gasteiger charge is -2.20. The summed E-state index contributed by atoms with van der Waals surface area (Å²) >= 11 is 6.05. The van der Waals surface area contributed by atoms with Gasteiger partial charge in [-0.2, -0.15) is 0 Å². The number of hydrogen-bond donors (Lipinski definition) is 1.